The van der Waals surface area contributed by atoms with Gasteiger partial charge in [0.2, 0.25) is 5.91 Å². The second kappa shape index (κ2) is 4.86. The van der Waals surface area contributed by atoms with Gasteiger partial charge in [0.25, 0.3) is 0 Å². The van der Waals surface area contributed by atoms with Gasteiger partial charge in [-0.3, -0.25) is 4.79 Å². The van der Waals surface area contributed by atoms with E-state index in [9.17, 15) is 4.79 Å². The zero-order valence-electron chi connectivity index (χ0n) is 10.9. The van der Waals surface area contributed by atoms with Crippen LogP contribution in [0.2, 0.25) is 0 Å². The molecule has 1 amide bonds. The molecule has 0 saturated heterocycles. The van der Waals surface area contributed by atoms with Crippen molar-refractivity contribution in [1.82, 2.24) is 4.90 Å². The summed E-state index contributed by atoms with van der Waals surface area (Å²) in [4.78, 5) is 13.7. The van der Waals surface area contributed by atoms with Gasteiger partial charge in [-0.15, -0.1) is 0 Å². The molecule has 0 aromatic carbocycles. The Labute approximate surface area is 99.0 Å². The zero-order chi connectivity index (χ0) is 12.3. The second-order valence-corrected chi connectivity index (χ2v) is 5.42. The van der Waals surface area contributed by atoms with Crippen LogP contribution in [0.15, 0.2) is 24.4 Å². The lowest BCUT2D eigenvalue weighted by molar-refractivity contribution is -0.128. The number of nitrogens with zero attached hydrogens (tertiary/aromatic N) is 1. The van der Waals surface area contributed by atoms with Gasteiger partial charge in [0.1, 0.15) is 0 Å². The van der Waals surface area contributed by atoms with E-state index < -0.39 is 0 Å². The van der Waals surface area contributed by atoms with E-state index in [1.54, 1.807) is 0 Å². The summed E-state index contributed by atoms with van der Waals surface area (Å²) in [5, 5.41) is 0. The van der Waals surface area contributed by atoms with E-state index in [1.165, 1.54) is 0 Å². The van der Waals surface area contributed by atoms with E-state index in [2.05, 4.69) is 27.4 Å². The minimum atomic E-state index is 0.0446. The van der Waals surface area contributed by atoms with E-state index in [0.29, 0.717) is 12.5 Å². The second-order valence-electron chi connectivity index (χ2n) is 5.42. The third kappa shape index (κ3) is 3.22. The van der Waals surface area contributed by atoms with E-state index in [-0.39, 0.29) is 11.3 Å². The van der Waals surface area contributed by atoms with Crippen LogP contribution in [0.5, 0.6) is 0 Å². The first-order valence-corrected chi connectivity index (χ1v) is 6.06. The number of hydrogen-bond acceptors (Lipinski definition) is 1. The standard InChI is InChI=1S/C14H23NO/c1-6-11(14(3,4)5)10-15(12-8-9-12)13(16)7-2/h6,10,12H,1,7-9H2,2-5H3/b11-10+. The van der Waals surface area contributed by atoms with Gasteiger partial charge in [-0.05, 0) is 23.8 Å². The molecule has 0 aromatic rings. The molecule has 1 aliphatic rings. The molecule has 90 valence electrons. The number of amides is 1. The third-order valence-electron chi connectivity index (χ3n) is 2.89. The smallest absolute Gasteiger partial charge is 0.226 e. The maximum absolute atomic E-state index is 11.8. The highest BCUT2D eigenvalue weighted by atomic mass is 16.2. The quantitative estimate of drug-likeness (QED) is 0.665. The summed E-state index contributed by atoms with van der Waals surface area (Å²) in [6, 6.07) is 0.435. The van der Waals surface area contributed by atoms with Crippen molar-refractivity contribution >= 4 is 5.91 Å². The van der Waals surface area contributed by atoms with E-state index in [4.69, 9.17) is 0 Å². The van der Waals surface area contributed by atoms with Crippen LogP contribution in [-0.2, 0) is 4.79 Å². The fourth-order valence-corrected chi connectivity index (χ4v) is 1.62. The van der Waals surface area contributed by atoms with Crippen LogP contribution >= 0.6 is 0 Å². The van der Waals surface area contributed by atoms with Crippen molar-refractivity contribution in [3.63, 3.8) is 0 Å². The monoisotopic (exact) mass is 221 g/mol. The van der Waals surface area contributed by atoms with Gasteiger partial charge < -0.3 is 4.90 Å². The molecule has 0 aliphatic heterocycles. The number of hydrogen-bond donors (Lipinski definition) is 0. The molecule has 16 heavy (non-hydrogen) atoms. The van der Waals surface area contributed by atoms with Crippen molar-refractivity contribution in [2.45, 2.75) is 53.0 Å². The van der Waals surface area contributed by atoms with Gasteiger partial charge in [0.05, 0.1) is 0 Å². The SMILES string of the molecule is C=C/C(=C\N(C(=O)CC)C1CC1)C(C)(C)C. The molecule has 2 nitrogen and oxygen atoms in total. The van der Waals surface area contributed by atoms with Crippen LogP contribution in [0.1, 0.15) is 47.0 Å². The normalized spacial score (nSPS) is 17.1. The van der Waals surface area contributed by atoms with Gasteiger partial charge >= 0.3 is 0 Å². The Kier molecular flexibility index (Phi) is 3.95. The Hall–Kier alpha value is -1.05. The highest BCUT2D eigenvalue weighted by Crippen LogP contribution is 2.32. The highest BCUT2D eigenvalue weighted by molar-refractivity contribution is 5.77. The minimum Gasteiger partial charge on any atom is -0.316 e. The third-order valence-corrected chi connectivity index (χ3v) is 2.89. The highest BCUT2D eigenvalue weighted by Gasteiger charge is 2.31. The topological polar surface area (TPSA) is 20.3 Å². The summed E-state index contributed by atoms with van der Waals surface area (Å²) >= 11 is 0. The van der Waals surface area contributed by atoms with Crippen LogP contribution in [0, 0.1) is 5.41 Å². The molecule has 0 spiro atoms. The summed E-state index contributed by atoms with van der Waals surface area (Å²) < 4.78 is 0. The average Bonchev–Trinajstić information content (AvgIpc) is 3.00. The Bertz CT molecular complexity index is 305. The lowest BCUT2D eigenvalue weighted by Gasteiger charge is -2.25. The van der Waals surface area contributed by atoms with Crippen LogP contribution in [0.25, 0.3) is 0 Å². The Balaban J connectivity index is 2.90. The summed E-state index contributed by atoms with van der Waals surface area (Å²) in [6.45, 7) is 12.2. The maximum Gasteiger partial charge on any atom is 0.226 e. The Morgan fingerprint density at radius 3 is 2.31 bits per heavy atom. The van der Waals surface area contributed by atoms with Gasteiger partial charge in [0.15, 0.2) is 0 Å². The maximum atomic E-state index is 11.8. The van der Waals surface area contributed by atoms with Gasteiger partial charge in [-0.25, -0.2) is 0 Å². The van der Waals surface area contributed by atoms with E-state index in [1.807, 2.05) is 24.1 Å². The molecule has 0 radical (unpaired) electrons. The predicted molar refractivity (Wildman–Crippen MR) is 67.9 cm³/mol. The summed E-state index contributed by atoms with van der Waals surface area (Å²) in [6.07, 6.45) is 6.70. The summed E-state index contributed by atoms with van der Waals surface area (Å²) in [7, 11) is 0. The average molecular weight is 221 g/mol. The molecule has 1 saturated carbocycles. The fraction of sp³-hybridized carbons (Fsp3) is 0.643. The molecular weight excluding hydrogens is 198 g/mol. The molecule has 1 rings (SSSR count). The van der Waals surface area contributed by atoms with E-state index in [0.717, 1.165) is 18.4 Å². The van der Waals surface area contributed by atoms with Crippen LogP contribution < -0.4 is 0 Å². The molecule has 2 heteroatoms. The molecule has 0 unspecified atom stereocenters. The molecule has 0 atom stereocenters. The molecule has 0 bridgehead atoms. The van der Waals surface area contributed by atoms with Crippen LogP contribution in [-0.4, -0.2) is 16.8 Å². The van der Waals surface area contributed by atoms with Crippen molar-refractivity contribution < 1.29 is 4.79 Å². The van der Waals surface area contributed by atoms with Crippen molar-refractivity contribution in [1.29, 1.82) is 0 Å². The fourth-order valence-electron chi connectivity index (χ4n) is 1.62. The summed E-state index contributed by atoms with van der Waals surface area (Å²) in [5.41, 5.74) is 1.17. The van der Waals surface area contributed by atoms with Gasteiger partial charge in [-0.2, -0.15) is 0 Å². The summed E-state index contributed by atoms with van der Waals surface area (Å²) in [5.74, 6) is 0.214. The largest absolute Gasteiger partial charge is 0.316 e. The number of carbonyl (C=O) groups is 1. The molecule has 0 aromatic heterocycles. The molecule has 0 N–H and O–H groups in total. The predicted octanol–water partition coefficient (Wildman–Crippen LogP) is 3.50. The number of allylic oxidation sites excluding steroid dienone is 2. The Morgan fingerprint density at radius 1 is 1.44 bits per heavy atom. The van der Waals surface area contributed by atoms with Crippen LogP contribution in [0.3, 0.4) is 0 Å². The van der Waals surface area contributed by atoms with Crippen molar-refractivity contribution in [2.24, 2.45) is 5.41 Å². The lowest BCUT2D eigenvalue weighted by Crippen LogP contribution is -2.28. The molecule has 0 heterocycles. The van der Waals surface area contributed by atoms with Crippen LogP contribution in [0.4, 0.5) is 0 Å². The Morgan fingerprint density at radius 2 is 2.00 bits per heavy atom. The van der Waals surface area contributed by atoms with Gasteiger partial charge in [0, 0.05) is 18.7 Å². The molecule has 1 fully saturated rings. The number of carbonyl (C=O) groups excluding carboxylic acids is 1. The molecule has 1 aliphatic carbocycles. The minimum absolute atomic E-state index is 0.0446. The first-order chi connectivity index (χ1) is 7.40. The van der Waals surface area contributed by atoms with E-state index >= 15 is 0 Å². The van der Waals surface area contributed by atoms with Crippen molar-refractivity contribution in [3.05, 3.63) is 24.4 Å². The zero-order valence-corrected chi connectivity index (χ0v) is 10.9. The first kappa shape index (κ1) is 13.0. The number of rotatable bonds is 4. The van der Waals surface area contributed by atoms with Crippen molar-refractivity contribution in [3.8, 4) is 0 Å². The molecular formula is C14H23NO. The van der Waals surface area contributed by atoms with Gasteiger partial charge in [-0.1, -0.05) is 40.3 Å². The lowest BCUT2D eigenvalue weighted by atomic mass is 9.87. The first-order valence-electron chi connectivity index (χ1n) is 6.06. The van der Waals surface area contributed by atoms with Crippen molar-refractivity contribution in [2.75, 3.05) is 0 Å².